The number of ether oxygens (including phenoxy) is 1. The van der Waals surface area contributed by atoms with Gasteiger partial charge in [0, 0.05) is 12.0 Å². The number of hydrogen-bond acceptors (Lipinski definition) is 4. The molecule has 0 aromatic rings. The first-order valence-electron chi connectivity index (χ1n) is 4.63. The number of quaternary nitrogens is 1. The van der Waals surface area contributed by atoms with E-state index in [9.17, 15) is 4.79 Å². The van der Waals surface area contributed by atoms with Crippen LogP contribution in [0.1, 0.15) is 6.42 Å². The van der Waals surface area contributed by atoms with Crippen LogP contribution < -0.4 is 0 Å². The summed E-state index contributed by atoms with van der Waals surface area (Å²) in [6.07, 6.45) is 0.691. The van der Waals surface area contributed by atoms with E-state index >= 15 is 0 Å². The summed E-state index contributed by atoms with van der Waals surface area (Å²) in [5.74, 6) is -0.302. The molecule has 0 aromatic carbocycles. The molecule has 0 amide bonds. The highest BCUT2D eigenvalue weighted by atomic mass is 32.3. The van der Waals surface area contributed by atoms with E-state index in [0.29, 0.717) is 12.0 Å². The van der Waals surface area contributed by atoms with Crippen LogP contribution in [-0.4, -0.2) is 62.8 Å². The molecule has 0 unspecified atom stereocenters. The monoisotopic (exact) mass is 270 g/mol. The van der Waals surface area contributed by atoms with Gasteiger partial charge >= 0.3 is 16.4 Å². The fraction of sp³-hybridized carbons (Fsp3) is 0.667. The molecule has 0 spiro atoms. The highest BCUT2D eigenvalue weighted by Gasteiger charge is 2.12. The highest BCUT2D eigenvalue weighted by Crippen LogP contribution is 2.03. The number of carbonyl (C=O) groups excluding carboxylic acids is 1. The minimum atomic E-state index is -4.67. The van der Waals surface area contributed by atoms with Gasteiger partial charge in [-0.2, -0.15) is 8.42 Å². The molecule has 0 aromatic heterocycles. The molecule has 0 rings (SSSR count). The Hall–Kier alpha value is -0.960. The Morgan fingerprint density at radius 1 is 1.29 bits per heavy atom. The molecule has 0 radical (unpaired) electrons. The van der Waals surface area contributed by atoms with Crippen LogP contribution in [0, 0.1) is 0 Å². The molecule has 0 aliphatic rings. The first kappa shape index (κ1) is 18.4. The lowest BCUT2D eigenvalue weighted by molar-refractivity contribution is -0.870. The molecule has 0 aliphatic heterocycles. The Bertz CT molecular complexity index is 346. The van der Waals surface area contributed by atoms with Crippen molar-refractivity contribution < 1.29 is 31.5 Å². The summed E-state index contributed by atoms with van der Waals surface area (Å²) in [5, 5.41) is 0. The van der Waals surface area contributed by atoms with Gasteiger partial charge in [0.15, 0.2) is 0 Å². The van der Waals surface area contributed by atoms with E-state index in [1.807, 2.05) is 0 Å². The summed E-state index contributed by atoms with van der Waals surface area (Å²) in [6, 6.07) is 0. The zero-order valence-corrected chi connectivity index (χ0v) is 11.3. The van der Waals surface area contributed by atoms with E-state index in [1.165, 1.54) is 7.11 Å². The second-order valence-electron chi connectivity index (χ2n) is 4.31. The molecule has 102 valence electrons. The first-order chi connectivity index (χ1) is 7.37. The molecular weight excluding hydrogens is 250 g/mol. The smallest absolute Gasteiger partial charge is 0.394 e. The maximum Gasteiger partial charge on any atom is 0.394 e. The highest BCUT2D eigenvalue weighted by molar-refractivity contribution is 7.79. The molecule has 0 bridgehead atoms. The summed E-state index contributed by atoms with van der Waals surface area (Å²) in [6.45, 7) is 4.54. The summed E-state index contributed by atoms with van der Waals surface area (Å²) in [5.41, 5.74) is 0.547. The predicted octanol–water partition coefficient (Wildman–Crippen LogP) is 0.159. The zero-order valence-electron chi connectivity index (χ0n) is 10.5. The third-order valence-electron chi connectivity index (χ3n) is 1.56. The van der Waals surface area contributed by atoms with E-state index in [-0.39, 0.29) is 5.97 Å². The van der Waals surface area contributed by atoms with E-state index in [2.05, 4.69) is 32.5 Å². The van der Waals surface area contributed by atoms with Crippen molar-refractivity contribution in [1.82, 2.24) is 0 Å². The van der Waals surface area contributed by atoms with Gasteiger partial charge in [0.2, 0.25) is 0 Å². The van der Waals surface area contributed by atoms with E-state index in [1.54, 1.807) is 0 Å². The zero-order chi connectivity index (χ0) is 14.3. The Morgan fingerprint density at radius 2 is 1.65 bits per heavy atom. The Balaban J connectivity index is 0. The van der Waals surface area contributed by atoms with Gasteiger partial charge in [-0.25, -0.2) is 4.79 Å². The lowest BCUT2D eigenvalue weighted by Gasteiger charge is -2.23. The summed E-state index contributed by atoms with van der Waals surface area (Å²) < 4.78 is 36.9. The van der Waals surface area contributed by atoms with Gasteiger partial charge in [0.1, 0.15) is 0 Å². The second kappa shape index (κ2) is 7.38. The molecule has 0 saturated carbocycles. The number of esters is 1. The third-order valence-corrected chi connectivity index (χ3v) is 1.56. The number of nitrogens with zero attached hydrogens (tertiary/aromatic N) is 1. The van der Waals surface area contributed by atoms with Crippen molar-refractivity contribution in [1.29, 1.82) is 0 Å². The summed E-state index contributed by atoms with van der Waals surface area (Å²) in [7, 11) is 2.93. The van der Waals surface area contributed by atoms with Crippen LogP contribution in [0.25, 0.3) is 0 Å². The SMILES string of the molecule is C=C(CC[N+](C)(C)C)C(=O)OC.O=S(=O)(O)O. The number of rotatable bonds is 4. The van der Waals surface area contributed by atoms with Crippen LogP contribution >= 0.6 is 0 Å². The largest absolute Gasteiger partial charge is 0.466 e. The van der Waals surface area contributed by atoms with Crippen LogP contribution in [0.2, 0.25) is 0 Å². The van der Waals surface area contributed by atoms with E-state index < -0.39 is 10.4 Å². The fourth-order valence-corrected chi connectivity index (χ4v) is 0.717. The summed E-state index contributed by atoms with van der Waals surface area (Å²) in [4.78, 5) is 10.9. The minimum absolute atomic E-state index is 0.302. The van der Waals surface area contributed by atoms with Gasteiger partial charge in [-0.1, -0.05) is 6.58 Å². The van der Waals surface area contributed by atoms with E-state index in [4.69, 9.17) is 17.5 Å². The average molecular weight is 270 g/mol. The molecule has 0 fully saturated rings. The minimum Gasteiger partial charge on any atom is -0.466 e. The van der Waals surface area contributed by atoms with Crippen LogP contribution in [0.3, 0.4) is 0 Å². The quantitative estimate of drug-likeness (QED) is 0.326. The van der Waals surface area contributed by atoms with Crippen LogP contribution in [0.5, 0.6) is 0 Å². The van der Waals surface area contributed by atoms with Crippen LogP contribution in [0.4, 0.5) is 0 Å². The maximum absolute atomic E-state index is 10.9. The Morgan fingerprint density at radius 3 is 1.88 bits per heavy atom. The van der Waals surface area contributed by atoms with Crippen molar-refractivity contribution in [3.8, 4) is 0 Å². The fourth-order valence-electron chi connectivity index (χ4n) is 0.717. The topological polar surface area (TPSA) is 101 Å². The normalized spacial score (nSPS) is 11.2. The van der Waals surface area contributed by atoms with Crippen molar-refractivity contribution in [2.24, 2.45) is 0 Å². The van der Waals surface area contributed by atoms with Crippen molar-refractivity contribution in [2.45, 2.75) is 6.42 Å². The first-order valence-corrected chi connectivity index (χ1v) is 6.03. The Labute approximate surface area is 102 Å². The van der Waals surface area contributed by atoms with Gasteiger partial charge in [-0.3, -0.25) is 9.11 Å². The molecular formula is C9H20NO6S+. The Kier molecular flexibility index (Phi) is 7.99. The summed E-state index contributed by atoms with van der Waals surface area (Å²) >= 11 is 0. The number of hydrogen-bond donors (Lipinski definition) is 2. The van der Waals surface area contributed by atoms with E-state index in [0.717, 1.165) is 11.0 Å². The number of methoxy groups -OCH3 is 1. The number of carbonyl (C=O) groups is 1. The molecule has 7 nitrogen and oxygen atoms in total. The lowest BCUT2D eigenvalue weighted by atomic mass is 10.2. The third kappa shape index (κ3) is 21.0. The van der Waals surface area contributed by atoms with Gasteiger partial charge in [0.25, 0.3) is 0 Å². The maximum atomic E-state index is 10.9. The molecule has 0 saturated heterocycles. The van der Waals surface area contributed by atoms with Crippen molar-refractivity contribution >= 4 is 16.4 Å². The van der Waals surface area contributed by atoms with Crippen molar-refractivity contribution in [3.05, 3.63) is 12.2 Å². The lowest BCUT2D eigenvalue weighted by Crippen LogP contribution is -2.35. The molecule has 17 heavy (non-hydrogen) atoms. The molecule has 0 aliphatic carbocycles. The molecule has 0 heterocycles. The van der Waals surface area contributed by atoms with Crippen LogP contribution in [0.15, 0.2) is 12.2 Å². The standard InChI is InChI=1S/C9H18NO2.H2O4S/c1-8(9(11)12-5)6-7-10(2,3)4;1-5(2,3)4/h1,6-7H2,2-5H3;(H2,1,2,3,4)/q+1;. The van der Waals surface area contributed by atoms with Crippen molar-refractivity contribution in [3.63, 3.8) is 0 Å². The van der Waals surface area contributed by atoms with Crippen LogP contribution in [-0.2, 0) is 19.9 Å². The second-order valence-corrected chi connectivity index (χ2v) is 5.20. The van der Waals surface area contributed by atoms with Gasteiger partial charge in [-0.15, -0.1) is 0 Å². The van der Waals surface area contributed by atoms with Gasteiger partial charge in [-0.05, 0) is 0 Å². The van der Waals surface area contributed by atoms with Crippen molar-refractivity contribution in [2.75, 3.05) is 34.8 Å². The average Bonchev–Trinajstić information content (AvgIpc) is 2.09. The molecule has 2 N–H and O–H groups in total. The van der Waals surface area contributed by atoms with Gasteiger partial charge in [0.05, 0.1) is 34.8 Å². The predicted molar refractivity (Wildman–Crippen MR) is 62.8 cm³/mol. The van der Waals surface area contributed by atoms with Gasteiger partial charge < -0.3 is 9.22 Å². The molecule has 8 heteroatoms. The molecule has 0 atom stereocenters.